The molecule has 5 aromatic heterocycles. The number of anilines is 2. The van der Waals surface area contributed by atoms with Gasteiger partial charge in [0.2, 0.25) is 23.5 Å². The van der Waals surface area contributed by atoms with Gasteiger partial charge in [-0.3, -0.25) is 9.88 Å². The maximum absolute atomic E-state index is 6.30. The summed E-state index contributed by atoms with van der Waals surface area (Å²) in [5.41, 5.74) is 11.5. The second-order valence-electron chi connectivity index (χ2n) is 9.93. The van der Waals surface area contributed by atoms with Crippen LogP contribution in [0.2, 0.25) is 0 Å². The van der Waals surface area contributed by atoms with Gasteiger partial charge in [-0.25, -0.2) is 9.67 Å². The van der Waals surface area contributed by atoms with E-state index in [1.54, 1.807) is 23.8 Å². The minimum atomic E-state index is 0.267. The lowest BCUT2D eigenvalue weighted by Crippen LogP contribution is -2.47. The summed E-state index contributed by atoms with van der Waals surface area (Å²) in [6.07, 6.45) is 3.52. The molecule has 0 unspecified atom stereocenters. The molecule has 0 bridgehead atoms. The monoisotopic (exact) mass is 536 g/mol. The first-order valence-electron chi connectivity index (χ1n) is 13.2. The number of piperazine rings is 1. The number of nitrogens with zero attached hydrogens (tertiary/aromatic N) is 11. The second-order valence-corrected chi connectivity index (χ2v) is 9.93. The molecule has 202 valence electrons. The fraction of sp³-hybridized carbons (Fsp3) is 0.296. The molecule has 1 aliphatic rings. The third-order valence-electron chi connectivity index (χ3n) is 7.32. The van der Waals surface area contributed by atoms with Crippen molar-refractivity contribution in [3.8, 4) is 22.9 Å². The van der Waals surface area contributed by atoms with Crippen LogP contribution >= 0.6 is 0 Å². The van der Waals surface area contributed by atoms with Crippen molar-refractivity contribution in [1.82, 2.24) is 49.4 Å². The summed E-state index contributed by atoms with van der Waals surface area (Å²) in [4.78, 5) is 23.0. The van der Waals surface area contributed by atoms with Gasteiger partial charge in [0.05, 0.1) is 18.1 Å². The zero-order valence-corrected chi connectivity index (χ0v) is 22.3. The maximum Gasteiger partial charge on any atom is 0.225 e. The number of aryl methyl sites for hydroxylation is 2. The summed E-state index contributed by atoms with van der Waals surface area (Å²) >= 11 is 0. The van der Waals surface area contributed by atoms with Gasteiger partial charge in [0.25, 0.3) is 0 Å². The van der Waals surface area contributed by atoms with Gasteiger partial charge in [-0.05, 0) is 30.7 Å². The molecule has 1 saturated heterocycles. The van der Waals surface area contributed by atoms with Gasteiger partial charge >= 0.3 is 0 Å². The van der Waals surface area contributed by atoms with Crippen molar-refractivity contribution in [2.45, 2.75) is 20.4 Å². The summed E-state index contributed by atoms with van der Waals surface area (Å²) in [5.74, 6) is 1.96. The lowest BCUT2D eigenvalue weighted by atomic mass is 10.1. The van der Waals surface area contributed by atoms with Crippen LogP contribution in [0.3, 0.4) is 0 Å². The number of hydrogen-bond acceptors (Lipinski definition) is 11. The number of pyridine rings is 1. The molecule has 7 rings (SSSR count). The Hall–Kier alpha value is -4.91. The molecule has 0 radical (unpaired) electrons. The normalized spacial score (nSPS) is 14.5. The lowest BCUT2D eigenvalue weighted by Gasteiger charge is -2.36. The number of benzene rings is 1. The third kappa shape index (κ3) is 4.29. The highest BCUT2D eigenvalue weighted by molar-refractivity contribution is 5.90. The molecule has 6 heterocycles. The van der Waals surface area contributed by atoms with Crippen molar-refractivity contribution in [2.24, 2.45) is 0 Å². The van der Waals surface area contributed by atoms with Crippen molar-refractivity contribution < 1.29 is 4.52 Å². The first kappa shape index (κ1) is 24.2. The van der Waals surface area contributed by atoms with Crippen LogP contribution in [-0.2, 0) is 6.54 Å². The van der Waals surface area contributed by atoms with Crippen LogP contribution in [0.15, 0.2) is 53.3 Å². The van der Waals surface area contributed by atoms with Crippen molar-refractivity contribution in [2.75, 3.05) is 43.4 Å². The van der Waals surface area contributed by atoms with Crippen LogP contribution in [0.4, 0.5) is 11.6 Å². The van der Waals surface area contributed by atoms with Crippen LogP contribution in [-0.4, -0.2) is 82.1 Å². The highest BCUT2D eigenvalue weighted by Crippen LogP contribution is 2.25. The number of aromatic nitrogens is 9. The Kier molecular flexibility index (Phi) is 5.85. The van der Waals surface area contributed by atoms with Crippen LogP contribution in [0.1, 0.15) is 11.5 Å². The predicted molar refractivity (Wildman–Crippen MR) is 150 cm³/mol. The van der Waals surface area contributed by atoms with Crippen molar-refractivity contribution >= 4 is 28.3 Å². The summed E-state index contributed by atoms with van der Waals surface area (Å²) in [6.45, 7) is 9.07. The highest BCUT2D eigenvalue weighted by atomic mass is 16.5. The van der Waals surface area contributed by atoms with E-state index in [1.165, 1.54) is 0 Å². The molecule has 1 fully saturated rings. The molecule has 2 N–H and O–H groups in total. The van der Waals surface area contributed by atoms with E-state index in [0.29, 0.717) is 35.4 Å². The van der Waals surface area contributed by atoms with E-state index in [4.69, 9.17) is 15.2 Å². The Labute approximate surface area is 229 Å². The molecule has 13 nitrogen and oxygen atoms in total. The van der Waals surface area contributed by atoms with Gasteiger partial charge in [-0.15, -0.1) is 5.10 Å². The van der Waals surface area contributed by atoms with Gasteiger partial charge in [-0.2, -0.15) is 19.6 Å². The standard InChI is InChI=1S/C27H28N12O/c1-17-5-4-8-29-22(17)24-32-26-21-16-30-38(25(21)33-27(28)39(26)34-24)14-11-36-9-12-37(13-10-36)20-7-3-6-19(15-20)23-31-18(2)40-35-23/h3-8,15-16H,9-14H2,1-2H3,(H2,28,33). The number of rotatable bonds is 6. The molecule has 0 saturated carbocycles. The predicted octanol–water partition coefficient (Wildman–Crippen LogP) is 2.61. The van der Waals surface area contributed by atoms with Crippen LogP contribution in [0.25, 0.3) is 39.6 Å². The molecule has 1 aromatic carbocycles. The van der Waals surface area contributed by atoms with E-state index in [2.05, 4.69) is 52.2 Å². The van der Waals surface area contributed by atoms with E-state index in [0.717, 1.165) is 60.6 Å². The van der Waals surface area contributed by atoms with Gasteiger partial charge in [-0.1, -0.05) is 23.4 Å². The number of nitrogen functional groups attached to an aromatic ring is 1. The molecule has 0 amide bonds. The quantitative estimate of drug-likeness (QED) is 0.335. The average molecular weight is 537 g/mol. The summed E-state index contributed by atoms with van der Waals surface area (Å²) in [5, 5.41) is 14.0. The molecule has 0 spiro atoms. The lowest BCUT2D eigenvalue weighted by molar-refractivity contribution is 0.245. The zero-order chi connectivity index (χ0) is 27.2. The van der Waals surface area contributed by atoms with E-state index < -0.39 is 0 Å². The van der Waals surface area contributed by atoms with Gasteiger partial charge in [0, 0.05) is 57.1 Å². The fourth-order valence-corrected chi connectivity index (χ4v) is 5.16. The zero-order valence-electron chi connectivity index (χ0n) is 22.3. The Bertz CT molecular complexity index is 1830. The molecule has 40 heavy (non-hydrogen) atoms. The molecule has 1 aliphatic heterocycles. The maximum atomic E-state index is 6.30. The Morgan fingerprint density at radius 3 is 2.60 bits per heavy atom. The smallest absolute Gasteiger partial charge is 0.225 e. The van der Waals surface area contributed by atoms with Crippen molar-refractivity contribution in [3.63, 3.8) is 0 Å². The van der Waals surface area contributed by atoms with E-state index in [9.17, 15) is 0 Å². The number of fused-ring (bicyclic) bond motifs is 3. The molecule has 0 atom stereocenters. The summed E-state index contributed by atoms with van der Waals surface area (Å²) < 4.78 is 8.60. The van der Waals surface area contributed by atoms with Gasteiger partial charge in [0.1, 0.15) is 5.69 Å². The Morgan fingerprint density at radius 2 is 1.80 bits per heavy atom. The minimum absolute atomic E-state index is 0.267. The fourth-order valence-electron chi connectivity index (χ4n) is 5.16. The SMILES string of the molecule is Cc1nc(-c2cccc(N3CCN(CCn4ncc5c4nc(N)n4nc(-c6ncccc6C)nc54)CC3)c2)no1. The molecular weight excluding hydrogens is 508 g/mol. The van der Waals surface area contributed by atoms with E-state index >= 15 is 0 Å². The largest absolute Gasteiger partial charge is 0.369 e. The Balaban J connectivity index is 1.04. The number of nitrogens with two attached hydrogens (primary N) is 1. The topological polar surface area (TPSA) is 145 Å². The van der Waals surface area contributed by atoms with Crippen molar-refractivity contribution in [1.29, 1.82) is 0 Å². The molecular formula is C27H28N12O. The van der Waals surface area contributed by atoms with Gasteiger partial charge < -0.3 is 15.2 Å². The van der Waals surface area contributed by atoms with E-state index in [-0.39, 0.29) is 5.95 Å². The molecule has 13 heteroatoms. The first-order valence-corrected chi connectivity index (χ1v) is 13.2. The Morgan fingerprint density at radius 1 is 0.925 bits per heavy atom. The molecule has 0 aliphatic carbocycles. The van der Waals surface area contributed by atoms with Crippen molar-refractivity contribution in [3.05, 3.63) is 60.2 Å². The summed E-state index contributed by atoms with van der Waals surface area (Å²) in [7, 11) is 0. The number of hydrogen-bond donors (Lipinski definition) is 1. The summed E-state index contributed by atoms with van der Waals surface area (Å²) in [6, 6.07) is 12.2. The third-order valence-corrected chi connectivity index (χ3v) is 7.32. The van der Waals surface area contributed by atoms with E-state index in [1.807, 2.05) is 35.9 Å². The van der Waals surface area contributed by atoms with Crippen LogP contribution in [0, 0.1) is 13.8 Å². The molecule has 6 aromatic rings. The minimum Gasteiger partial charge on any atom is -0.369 e. The van der Waals surface area contributed by atoms with Crippen LogP contribution in [0.5, 0.6) is 0 Å². The van der Waals surface area contributed by atoms with Crippen LogP contribution < -0.4 is 10.6 Å². The van der Waals surface area contributed by atoms with Gasteiger partial charge in [0.15, 0.2) is 11.3 Å². The average Bonchev–Trinajstić information content (AvgIpc) is 3.71. The highest BCUT2D eigenvalue weighted by Gasteiger charge is 2.21. The first-order chi connectivity index (χ1) is 19.5. The second kappa shape index (κ2) is 9.68.